The van der Waals surface area contributed by atoms with Crippen LogP contribution in [0.4, 0.5) is 0 Å². The molecule has 30 heavy (non-hydrogen) atoms. The van der Waals surface area contributed by atoms with Crippen molar-refractivity contribution in [2.75, 3.05) is 0 Å². The summed E-state index contributed by atoms with van der Waals surface area (Å²) in [5.41, 5.74) is 3.92. The third-order valence-electron chi connectivity index (χ3n) is 6.37. The Bertz CT molecular complexity index is 985. The van der Waals surface area contributed by atoms with Crippen LogP contribution < -0.4 is 0 Å². The zero-order valence-corrected chi connectivity index (χ0v) is 18.3. The van der Waals surface area contributed by atoms with Crippen LogP contribution in [0.25, 0.3) is 11.3 Å². The van der Waals surface area contributed by atoms with E-state index in [2.05, 4.69) is 35.5 Å². The molecule has 156 valence electrons. The molecule has 0 saturated heterocycles. The topological polar surface area (TPSA) is 35.3 Å². The lowest BCUT2D eigenvalue weighted by Gasteiger charge is -2.29. The van der Waals surface area contributed by atoms with Crippen molar-refractivity contribution in [3.63, 3.8) is 0 Å². The zero-order chi connectivity index (χ0) is 20.5. The van der Waals surface area contributed by atoms with Gasteiger partial charge in [-0.3, -0.25) is 0 Å². The summed E-state index contributed by atoms with van der Waals surface area (Å²) in [6, 6.07) is 16.3. The number of hydrogen-bond donors (Lipinski definition) is 0. The lowest BCUT2D eigenvalue weighted by molar-refractivity contribution is 0.0129. The highest BCUT2D eigenvalue weighted by Gasteiger charge is 2.34. The van der Waals surface area contributed by atoms with Crippen LogP contribution in [0.1, 0.15) is 67.2 Å². The Morgan fingerprint density at radius 3 is 2.17 bits per heavy atom. The van der Waals surface area contributed by atoms with Gasteiger partial charge < -0.3 is 9.26 Å². The van der Waals surface area contributed by atoms with Crippen molar-refractivity contribution >= 4 is 23.2 Å². The normalized spacial score (nSPS) is 21.7. The zero-order valence-electron chi connectivity index (χ0n) is 16.8. The average Bonchev–Trinajstić information content (AvgIpc) is 3.54. The van der Waals surface area contributed by atoms with Crippen molar-refractivity contribution in [2.45, 2.75) is 63.1 Å². The van der Waals surface area contributed by atoms with Gasteiger partial charge in [-0.1, -0.05) is 64.8 Å². The Labute approximate surface area is 187 Å². The molecule has 1 aromatic heterocycles. The Hall–Kier alpha value is -1.81. The fourth-order valence-corrected chi connectivity index (χ4v) is 5.11. The monoisotopic (exact) mass is 441 g/mol. The first-order valence-corrected chi connectivity index (χ1v) is 11.6. The van der Waals surface area contributed by atoms with Gasteiger partial charge in [-0.25, -0.2) is 0 Å². The van der Waals surface area contributed by atoms with E-state index >= 15 is 0 Å². The van der Waals surface area contributed by atoms with Gasteiger partial charge in [0.1, 0.15) is 11.5 Å². The average molecular weight is 442 g/mol. The molecule has 3 aromatic rings. The van der Waals surface area contributed by atoms with Gasteiger partial charge in [-0.2, -0.15) is 0 Å². The predicted molar refractivity (Wildman–Crippen MR) is 120 cm³/mol. The standard InChI is InChI=1S/C25H25Cl2NO2/c26-21-7-4-8-22(27)23(21)24-20(25(30-28-24)18-9-10-18)15-29-19-13-11-17(12-14-19)16-5-2-1-3-6-16/h1-8,17-19H,9-15H2. The van der Waals surface area contributed by atoms with Crippen LogP contribution in [0, 0.1) is 0 Å². The molecular formula is C25H25Cl2NO2. The van der Waals surface area contributed by atoms with Crippen molar-refractivity contribution in [1.29, 1.82) is 0 Å². The number of hydrogen-bond acceptors (Lipinski definition) is 3. The number of ether oxygens (including phenoxy) is 1. The van der Waals surface area contributed by atoms with Crippen LogP contribution in [0.5, 0.6) is 0 Å². The minimum Gasteiger partial charge on any atom is -0.373 e. The summed E-state index contributed by atoms with van der Waals surface area (Å²) in [4.78, 5) is 0. The molecule has 0 aliphatic heterocycles. The molecule has 0 spiro atoms. The Balaban J connectivity index is 1.30. The molecule has 5 heteroatoms. The van der Waals surface area contributed by atoms with Gasteiger partial charge in [0.2, 0.25) is 0 Å². The quantitative estimate of drug-likeness (QED) is 0.391. The molecule has 2 aromatic carbocycles. The van der Waals surface area contributed by atoms with Crippen LogP contribution in [0.3, 0.4) is 0 Å². The van der Waals surface area contributed by atoms with E-state index in [1.807, 2.05) is 18.2 Å². The smallest absolute Gasteiger partial charge is 0.145 e. The molecule has 0 bridgehead atoms. The largest absolute Gasteiger partial charge is 0.373 e. The predicted octanol–water partition coefficient (Wildman–Crippen LogP) is 7.77. The van der Waals surface area contributed by atoms with Crippen LogP contribution >= 0.6 is 23.2 Å². The van der Waals surface area contributed by atoms with Crippen LogP contribution in [0.2, 0.25) is 10.0 Å². The van der Waals surface area contributed by atoms with Crippen LogP contribution in [-0.2, 0) is 11.3 Å². The SMILES string of the molecule is Clc1cccc(Cl)c1-c1noc(C2CC2)c1COC1CCC(c2ccccc2)CC1. The Morgan fingerprint density at radius 1 is 0.833 bits per heavy atom. The van der Waals surface area contributed by atoms with Gasteiger partial charge in [-0.15, -0.1) is 0 Å². The number of halogens is 2. The third kappa shape index (κ3) is 4.16. The number of benzene rings is 2. The van der Waals surface area contributed by atoms with Crippen molar-refractivity contribution in [1.82, 2.24) is 5.16 Å². The van der Waals surface area contributed by atoms with Gasteiger partial charge in [0.05, 0.1) is 22.8 Å². The molecule has 2 fully saturated rings. The molecule has 5 rings (SSSR count). The number of aromatic nitrogens is 1. The summed E-state index contributed by atoms with van der Waals surface area (Å²) in [7, 11) is 0. The Kier molecular flexibility index (Phi) is 5.86. The molecule has 0 N–H and O–H groups in total. The molecule has 2 aliphatic rings. The fraction of sp³-hybridized carbons (Fsp3) is 0.400. The molecule has 0 radical (unpaired) electrons. The summed E-state index contributed by atoms with van der Waals surface area (Å²) in [5, 5.41) is 5.53. The summed E-state index contributed by atoms with van der Waals surface area (Å²) in [6.45, 7) is 0.493. The van der Waals surface area contributed by atoms with E-state index in [0.29, 0.717) is 28.5 Å². The molecule has 2 saturated carbocycles. The maximum Gasteiger partial charge on any atom is 0.145 e. The van der Waals surface area contributed by atoms with Crippen LogP contribution in [0.15, 0.2) is 53.1 Å². The summed E-state index contributed by atoms with van der Waals surface area (Å²) in [6.07, 6.45) is 7.02. The third-order valence-corrected chi connectivity index (χ3v) is 7.00. The lowest BCUT2D eigenvalue weighted by atomic mass is 9.83. The minimum atomic E-state index is 0.265. The fourth-order valence-electron chi connectivity index (χ4n) is 4.54. The molecule has 0 amide bonds. The van der Waals surface area contributed by atoms with E-state index in [1.54, 1.807) is 0 Å². The maximum atomic E-state index is 6.46. The highest BCUT2D eigenvalue weighted by Crippen LogP contribution is 2.46. The first-order chi connectivity index (χ1) is 14.7. The molecular weight excluding hydrogens is 417 g/mol. The minimum absolute atomic E-state index is 0.265. The second-order valence-corrected chi connectivity index (χ2v) is 9.25. The first kappa shape index (κ1) is 20.1. The van der Waals surface area contributed by atoms with Gasteiger partial charge in [0.25, 0.3) is 0 Å². The summed E-state index contributed by atoms with van der Waals surface area (Å²) >= 11 is 12.9. The van der Waals surface area contributed by atoms with E-state index in [1.165, 1.54) is 5.56 Å². The van der Waals surface area contributed by atoms with E-state index in [4.69, 9.17) is 32.5 Å². The van der Waals surface area contributed by atoms with Gasteiger partial charge in [-0.05, 0) is 62.1 Å². The van der Waals surface area contributed by atoms with Crippen molar-refractivity contribution < 1.29 is 9.26 Å². The number of nitrogens with zero attached hydrogens (tertiary/aromatic N) is 1. The first-order valence-electron chi connectivity index (χ1n) is 10.8. The molecule has 1 heterocycles. The molecule has 2 aliphatic carbocycles. The van der Waals surface area contributed by atoms with Gasteiger partial charge in [0, 0.05) is 17.0 Å². The summed E-state index contributed by atoms with van der Waals surface area (Å²) in [5.74, 6) is 2.03. The van der Waals surface area contributed by atoms with Crippen LogP contribution in [-0.4, -0.2) is 11.3 Å². The van der Waals surface area contributed by atoms with Crippen molar-refractivity contribution in [2.24, 2.45) is 0 Å². The highest BCUT2D eigenvalue weighted by atomic mass is 35.5. The number of rotatable bonds is 6. The second kappa shape index (κ2) is 8.74. The molecule has 0 unspecified atom stereocenters. The van der Waals surface area contributed by atoms with E-state index in [-0.39, 0.29) is 6.10 Å². The summed E-state index contributed by atoms with van der Waals surface area (Å²) < 4.78 is 12.1. The van der Waals surface area contributed by atoms with E-state index < -0.39 is 0 Å². The van der Waals surface area contributed by atoms with Crippen molar-refractivity contribution in [3.05, 3.63) is 75.5 Å². The maximum absolute atomic E-state index is 6.46. The highest BCUT2D eigenvalue weighted by molar-refractivity contribution is 6.39. The lowest BCUT2D eigenvalue weighted by Crippen LogP contribution is -2.21. The molecule has 0 atom stereocenters. The van der Waals surface area contributed by atoms with E-state index in [9.17, 15) is 0 Å². The Morgan fingerprint density at radius 2 is 1.50 bits per heavy atom. The van der Waals surface area contributed by atoms with Gasteiger partial charge >= 0.3 is 0 Å². The second-order valence-electron chi connectivity index (χ2n) is 8.44. The molecule has 3 nitrogen and oxygen atoms in total. The van der Waals surface area contributed by atoms with Crippen molar-refractivity contribution in [3.8, 4) is 11.3 Å². The van der Waals surface area contributed by atoms with E-state index in [0.717, 1.165) is 61.1 Å². The van der Waals surface area contributed by atoms with Gasteiger partial charge in [0.15, 0.2) is 0 Å².